The molecule has 0 aliphatic carbocycles. The van der Waals surface area contributed by atoms with Gasteiger partial charge in [0, 0.05) is 19.1 Å². The van der Waals surface area contributed by atoms with Crippen LogP contribution in [0.2, 0.25) is 0 Å². The summed E-state index contributed by atoms with van der Waals surface area (Å²) in [6.45, 7) is 1.82. The maximum Gasteiger partial charge on any atom is 0.317 e. The van der Waals surface area contributed by atoms with Crippen LogP contribution in [0.5, 0.6) is 0 Å². The molecule has 0 unspecified atom stereocenters. The summed E-state index contributed by atoms with van der Waals surface area (Å²) < 4.78 is 0. The molecule has 0 aromatic rings. The van der Waals surface area contributed by atoms with Gasteiger partial charge in [0.15, 0.2) is 0 Å². The van der Waals surface area contributed by atoms with Crippen LogP contribution >= 0.6 is 0 Å². The first-order chi connectivity index (χ1) is 5.29. The van der Waals surface area contributed by atoms with Crippen molar-refractivity contribution < 1.29 is 9.90 Å². The molecule has 11 heavy (non-hydrogen) atoms. The number of carbonyl (C=O) groups is 1. The minimum absolute atomic E-state index is 0.0741. The van der Waals surface area contributed by atoms with Gasteiger partial charge in [0.25, 0.3) is 0 Å². The first kappa shape index (κ1) is 8.49. The van der Waals surface area contributed by atoms with E-state index in [0.29, 0.717) is 6.04 Å². The SMILES string of the molecule is O=C(O)CNC1CC[N]CC1. The first-order valence-electron chi connectivity index (χ1n) is 3.87. The van der Waals surface area contributed by atoms with Crippen LogP contribution in [0.4, 0.5) is 0 Å². The molecule has 4 heteroatoms. The normalized spacial score (nSPS) is 20.0. The smallest absolute Gasteiger partial charge is 0.317 e. The molecule has 1 radical (unpaired) electrons. The Bertz CT molecular complexity index is 132. The summed E-state index contributed by atoms with van der Waals surface area (Å²) in [4.78, 5) is 10.2. The summed E-state index contributed by atoms with van der Waals surface area (Å²) in [5.41, 5.74) is 0. The van der Waals surface area contributed by atoms with E-state index in [-0.39, 0.29) is 6.54 Å². The number of aliphatic carboxylic acids is 1. The molecule has 0 spiro atoms. The number of nitrogens with zero attached hydrogens (tertiary/aromatic N) is 1. The average molecular weight is 157 g/mol. The summed E-state index contributed by atoms with van der Waals surface area (Å²) in [6.07, 6.45) is 1.96. The van der Waals surface area contributed by atoms with E-state index in [1.807, 2.05) is 0 Å². The molecule has 0 atom stereocenters. The van der Waals surface area contributed by atoms with Gasteiger partial charge in [-0.2, -0.15) is 0 Å². The van der Waals surface area contributed by atoms with Crippen LogP contribution in [-0.4, -0.2) is 36.8 Å². The van der Waals surface area contributed by atoms with E-state index in [9.17, 15) is 4.79 Å². The summed E-state index contributed by atoms with van der Waals surface area (Å²) in [5.74, 6) is -0.785. The van der Waals surface area contributed by atoms with Crippen molar-refractivity contribution in [2.24, 2.45) is 0 Å². The third-order valence-corrected chi connectivity index (χ3v) is 1.81. The molecule has 63 valence electrons. The summed E-state index contributed by atoms with van der Waals surface area (Å²) in [6, 6.07) is 0.364. The van der Waals surface area contributed by atoms with Crippen LogP contribution in [-0.2, 0) is 4.79 Å². The van der Waals surface area contributed by atoms with Crippen molar-refractivity contribution in [1.29, 1.82) is 0 Å². The van der Waals surface area contributed by atoms with E-state index < -0.39 is 5.97 Å². The van der Waals surface area contributed by atoms with Crippen LogP contribution < -0.4 is 10.6 Å². The van der Waals surface area contributed by atoms with Crippen LogP contribution in [0.15, 0.2) is 0 Å². The minimum atomic E-state index is -0.785. The Morgan fingerprint density at radius 1 is 1.55 bits per heavy atom. The Hall–Kier alpha value is -0.610. The number of piperidine rings is 1. The molecule has 0 aromatic heterocycles. The van der Waals surface area contributed by atoms with E-state index in [2.05, 4.69) is 10.6 Å². The van der Waals surface area contributed by atoms with Crippen molar-refractivity contribution in [2.75, 3.05) is 19.6 Å². The molecule has 1 saturated heterocycles. The van der Waals surface area contributed by atoms with Gasteiger partial charge in [-0.05, 0) is 12.8 Å². The standard InChI is InChI=1S/C7H13N2O2/c10-7(11)5-9-6-1-3-8-4-2-6/h6,9H,1-5H2,(H,10,11). The van der Waals surface area contributed by atoms with Crippen molar-refractivity contribution in [1.82, 2.24) is 10.6 Å². The van der Waals surface area contributed by atoms with Crippen molar-refractivity contribution in [3.05, 3.63) is 0 Å². The largest absolute Gasteiger partial charge is 0.480 e. The highest BCUT2D eigenvalue weighted by molar-refractivity contribution is 5.69. The molecule has 1 fully saturated rings. The quantitative estimate of drug-likeness (QED) is 0.576. The Morgan fingerprint density at radius 2 is 2.18 bits per heavy atom. The van der Waals surface area contributed by atoms with Gasteiger partial charge >= 0.3 is 5.97 Å². The fraction of sp³-hybridized carbons (Fsp3) is 0.857. The lowest BCUT2D eigenvalue weighted by Gasteiger charge is -2.21. The monoisotopic (exact) mass is 157 g/mol. The van der Waals surface area contributed by atoms with E-state index in [1.165, 1.54) is 0 Å². The molecule has 1 aliphatic rings. The van der Waals surface area contributed by atoms with Crippen molar-refractivity contribution in [3.8, 4) is 0 Å². The Balaban J connectivity index is 2.09. The lowest BCUT2D eigenvalue weighted by molar-refractivity contribution is -0.136. The minimum Gasteiger partial charge on any atom is -0.480 e. The van der Waals surface area contributed by atoms with Gasteiger partial charge in [0.05, 0.1) is 6.54 Å². The number of carboxylic acid groups (broad SMARTS) is 1. The van der Waals surface area contributed by atoms with Crippen molar-refractivity contribution in [3.63, 3.8) is 0 Å². The van der Waals surface area contributed by atoms with Crippen LogP contribution in [0.1, 0.15) is 12.8 Å². The first-order valence-corrected chi connectivity index (χ1v) is 3.87. The number of hydrogen-bond donors (Lipinski definition) is 2. The highest BCUT2D eigenvalue weighted by atomic mass is 16.4. The van der Waals surface area contributed by atoms with Gasteiger partial charge in [-0.15, -0.1) is 0 Å². The average Bonchev–Trinajstić information content (AvgIpc) is 2.03. The summed E-state index contributed by atoms with van der Waals surface area (Å²) in [5, 5.41) is 15.5. The van der Waals surface area contributed by atoms with Gasteiger partial charge < -0.3 is 10.4 Å². The highest BCUT2D eigenvalue weighted by Crippen LogP contribution is 2.01. The highest BCUT2D eigenvalue weighted by Gasteiger charge is 2.13. The fourth-order valence-corrected chi connectivity index (χ4v) is 1.19. The molecular weight excluding hydrogens is 144 g/mol. The topological polar surface area (TPSA) is 63.4 Å². The Labute approximate surface area is 66.0 Å². The number of hydrogen-bond acceptors (Lipinski definition) is 2. The zero-order valence-electron chi connectivity index (χ0n) is 6.42. The Morgan fingerprint density at radius 3 is 2.73 bits per heavy atom. The maximum absolute atomic E-state index is 10.2. The number of carboxylic acids is 1. The molecule has 1 aliphatic heterocycles. The third kappa shape index (κ3) is 3.34. The van der Waals surface area contributed by atoms with Crippen LogP contribution in [0.25, 0.3) is 0 Å². The molecule has 1 rings (SSSR count). The summed E-state index contributed by atoms with van der Waals surface area (Å²) >= 11 is 0. The molecule has 2 N–H and O–H groups in total. The maximum atomic E-state index is 10.2. The molecule has 1 heterocycles. The fourth-order valence-electron chi connectivity index (χ4n) is 1.19. The number of rotatable bonds is 3. The summed E-state index contributed by atoms with van der Waals surface area (Å²) in [7, 11) is 0. The van der Waals surface area contributed by atoms with E-state index >= 15 is 0 Å². The third-order valence-electron chi connectivity index (χ3n) is 1.81. The van der Waals surface area contributed by atoms with E-state index in [0.717, 1.165) is 25.9 Å². The lowest BCUT2D eigenvalue weighted by atomic mass is 10.1. The van der Waals surface area contributed by atoms with Gasteiger partial charge in [-0.3, -0.25) is 4.79 Å². The van der Waals surface area contributed by atoms with E-state index in [1.54, 1.807) is 0 Å². The van der Waals surface area contributed by atoms with Crippen LogP contribution in [0.3, 0.4) is 0 Å². The van der Waals surface area contributed by atoms with Gasteiger partial charge in [0.2, 0.25) is 0 Å². The van der Waals surface area contributed by atoms with Crippen LogP contribution in [0, 0.1) is 0 Å². The second-order valence-electron chi connectivity index (χ2n) is 2.72. The van der Waals surface area contributed by atoms with Gasteiger partial charge in [-0.1, -0.05) is 0 Å². The zero-order chi connectivity index (χ0) is 8.10. The molecule has 0 amide bonds. The van der Waals surface area contributed by atoms with Crippen molar-refractivity contribution >= 4 is 5.97 Å². The molecule has 0 aromatic carbocycles. The second kappa shape index (κ2) is 4.31. The molecule has 0 saturated carbocycles. The predicted octanol–water partition coefficient (Wildman–Crippen LogP) is -0.573. The second-order valence-corrected chi connectivity index (χ2v) is 2.72. The van der Waals surface area contributed by atoms with Crippen molar-refractivity contribution in [2.45, 2.75) is 18.9 Å². The predicted molar refractivity (Wildman–Crippen MR) is 40.5 cm³/mol. The lowest BCUT2D eigenvalue weighted by Crippen LogP contribution is -2.39. The molecular formula is C7H13N2O2. The molecule has 0 bridgehead atoms. The Kier molecular flexibility index (Phi) is 3.32. The van der Waals surface area contributed by atoms with E-state index in [4.69, 9.17) is 5.11 Å². The number of nitrogens with one attached hydrogen (secondary N) is 1. The van der Waals surface area contributed by atoms with Gasteiger partial charge in [0.1, 0.15) is 0 Å². The molecule has 4 nitrogen and oxygen atoms in total. The zero-order valence-corrected chi connectivity index (χ0v) is 6.42. The van der Waals surface area contributed by atoms with Gasteiger partial charge in [-0.25, -0.2) is 5.32 Å².